The number of aromatic nitrogens is 1. The number of piperidine rings is 1. The number of nitrogens with one attached hydrogen (secondary N) is 2. The van der Waals surface area contributed by atoms with Gasteiger partial charge in [0, 0.05) is 42.6 Å². The molecular formula is C38H47N5O3. The first-order valence-corrected chi connectivity index (χ1v) is 16.2. The van der Waals surface area contributed by atoms with E-state index in [9.17, 15) is 4.79 Å². The van der Waals surface area contributed by atoms with Gasteiger partial charge in [-0.05, 0) is 83.3 Å². The third kappa shape index (κ3) is 7.56. The Kier molecular flexibility index (Phi) is 10.4. The molecule has 0 spiro atoms. The first-order valence-electron chi connectivity index (χ1n) is 16.2. The summed E-state index contributed by atoms with van der Waals surface area (Å²) < 4.78 is 11.8. The number of pyridine rings is 1. The molecule has 242 valence electrons. The van der Waals surface area contributed by atoms with Crippen molar-refractivity contribution in [2.24, 2.45) is 0 Å². The molecule has 1 fully saturated rings. The molecule has 5 rings (SSSR count). The van der Waals surface area contributed by atoms with Crippen LogP contribution in [-0.2, 0) is 12.0 Å². The molecular weight excluding hydrogens is 574 g/mol. The molecule has 2 amide bonds. The van der Waals surface area contributed by atoms with Crippen LogP contribution in [0, 0.1) is 0 Å². The van der Waals surface area contributed by atoms with E-state index in [1.165, 1.54) is 0 Å². The van der Waals surface area contributed by atoms with E-state index in [0.29, 0.717) is 18.8 Å². The van der Waals surface area contributed by atoms with Gasteiger partial charge in [0.05, 0.1) is 7.11 Å². The van der Waals surface area contributed by atoms with Crippen molar-refractivity contribution >= 4 is 23.2 Å². The minimum atomic E-state index is -0.301. The number of carbonyl (C=O) groups excluding carboxylic acids is 1. The maximum absolute atomic E-state index is 13.6. The van der Waals surface area contributed by atoms with E-state index in [1.54, 1.807) is 7.11 Å². The standard InChI is InChI=1S/C38H47N5O3/c1-26(2)32-22-30(39)23-33(27(3)4)35(32)42-37(44)41-25-38(29-13-9-14-31(21-29)45-5)16-19-43(20-17-38)36-34(15-10-18-40-36)46-24-28-11-7-6-8-12-28/h6-15,18,21-23,26-27H,16-17,19-20,24-25,39H2,1-5H3,(H2,41,42,44). The van der Waals surface area contributed by atoms with Gasteiger partial charge in [0.1, 0.15) is 12.4 Å². The summed E-state index contributed by atoms with van der Waals surface area (Å²) in [6, 6.07) is 26.0. The predicted octanol–water partition coefficient (Wildman–Crippen LogP) is 7.86. The Balaban J connectivity index is 1.35. The summed E-state index contributed by atoms with van der Waals surface area (Å²) >= 11 is 0. The topological polar surface area (TPSA) is 102 Å². The average Bonchev–Trinajstić information content (AvgIpc) is 3.07. The molecule has 1 saturated heterocycles. The third-order valence-corrected chi connectivity index (χ3v) is 8.98. The number of nitrogens with zero attached hydrogens (tertiary/aromatic N) is 2. The van der Waals surface area contributed by atoms with Crippen LogP contribution < -0.4 is 30.7 Å². The smallest absolute Gasteiger partial charge is 0.319 e. The maximum atomic E-state index is 13.6. The fraction of sp³-hybridized carbons (Fsp3) is 0.368. The van der Waals surface area contributed by atoms with Gasteiger partial charge < -0.3 is 30.7 Å². The lowest BCUT2D eigenvalue weighted by molar-refractivity contribution is 0.244. The molecule has 8 heteroatoms. The van der Waals surface area contributed by atoms with E-state index in [4.69, 9.17) is 20.2 Å². The highest BCUT2D eigenvalue weighted by atomic mass is 16.5. The van der Waals surface area contributed by atoms with Crippen LogP contribution in [0.4, 0.5) is 22.0 Å². The lowest BCUT2D eigenvalue weighted by atomic mass is 9.72. The molecule has 4 aromatic rings. The molecule has 1 aliphatic rings. The van der Waals surface area contributed by atoms with Crippen LogP contribution in [0.1, 0.15) is 74.6 Å². The molecule has 8 nitrogen and oxygen atoms in total. The number of nitrogens with two attached hydrogens (primary N) is 1. The van der Waals surface area contributed by atoms with Crippen LogP contribution in [0.2, 0.25) is 0 Å². The normalized spacial score (nSPS) is 14.3. The van der Waals surface area contributed by atoms with Gasteiger partial charge in [-0.15, -0.1) is 0 Å². The van der Waals surface area contributed by atoms with Crippen molar-refractivity contribution in [2.75, 3.05) is 42.7 Å². The monoisotopic (exact) mass is 621 g/mol. The van der Waals surface area contributed by atoms with Crippen molar-refractivity contribution in [2.45, 2.75) is 64.4 Å². The molecule has 2 heterocycles. The highest BCUT2D eigenvalue weighted by Crippen LogP contribution is 2.40. The van der Waals surface area contributed by atoms with Crippen LogP contribution >= 0.6 is 0 Å². The largest absolute Gasteiger partial charge is 0.497 e. The fourth-order valence-corrected chi connectivity index (χ4v) is 6.31. The number of hydrogen-bond donors (Lipinski definition) is 3. The molecule has 4 N–H and O–H groups in total. The van der Waals surface area contributed by atoms with Gasteiger partial charge in [0.2, 0.25) is 0 Å². The van der Waals surface area contributed by atoms with Crippen LogP contribution in [0.5, 0.6) is 11.5 Å². The summed E-state index contributed by atoms with van der Waals surface area (Å²) in [5.41, 5.74) is 11.8. The van der Waals surface area contributed by atoms with Crippen molar-refractivity contribution in [1.29, 1.82) is 0 Å². The predicted molar refractivity (Wildman–Crippen MR) is 187 cm³/mol. The first kappa shape index (κ1) is 32.7. The lowest BCUT2D eigenvalue weighted by Gasteiger charge is -2.43. The molecule has 3 aromatic carbocycles. The summed E-state index contributed by atoms with van der Waals surface area (Å²) in [6.07, 6.45) is 3.44. The minimum Gasteiger partial charge on any atom is -0.497 e. The fourth-order valence-electron chi connectivity index (χ4n) is 6.31. The second-order valence-corrected chi connectivity index (χ2v) is 12.8. The Morgan fingerprint density at radius 2 is 1.63 bits per heavy atom. The zero-order valence-corrected chi connectivity index (χ0v) is 27.7. The van der Waals surface area contributed by atoms with E-state index in [0.717, 1.165) is 71.2 Å². The first-order chi connectivity index (χ1) is 22.2. The molecule has 0 unspecified atom stereocenters. The van der Waals surface area contributed by atoms with Gasteiger partial charge in [-0.2, -0.15) is 0 Å². The van der Waals surface area contributed by atoms with E-state index in [2.05, 4.69) is 67.5 Å². The van der Waals surface area contributed by atoms with E-state index < -0.39 is 0 Å². The molecule has 0 aliphatic carbocycles. The summed E-state index contributed by atoms with van der Waals surface area (Å²) in [4.78, 5) is 20.6. The average molecular weight is 622 g/mol. The molecule has 1 aliphatic heterocycles. The summed E-state index contributed by atoms with van der Waals surface area (Å²) in [5.74, 6) is 2.82. The maximum Gasteiger partial charge on any atom is 0.319 e. The van der Waals surface area contributed by atoms with E-state index in [-0.39, 0.29) is 23.3 Å². The van der Waals surface area contributed by atoms with Gasteiger partial charge in [-0.3, -0.25) is 0 Å². The number of anilines is 3. The summed E-state index contributed by atoms with van der Waals surface area (Å²) in [7, 11) is 1.68. The molecule has 0 radical (unpaired) electrons. The van der Waals surface area contributed by atoms with Gasteiger partial charge in [0.15, 0.2) is 11.6 Å². The van der Waals surface area contributed by atoms with Crippen molar-refractivity contribution in [1.82, 2.24) is 10.3 Å². The number of amides is 2. The minimum absolute atomic E-state index is 0.205. The summed E-state index contributed by atoms with van der Waals surface area (Å²) in [5, 5.41) is 6.45. The van der Waals surface area contributed by atoms with Crippen LogP contribution in [0.3, 0.4) is 0 Å². The molecule has 46 heavy (non-hydrogen) atoms. The zero-order chi connectivity index (χ0) is 32.7. The van der Waals surface area contributed by atoms with Crippen molar-refractivity contribution < 1.29 is 14.3 Å². The number of nitrogen functional groups attached to an aromatic ring is 1. The highest BCUT2D eigenvalue weighted by Gasteiger charge is 2.38. The second kappa shape index (κ2) is 14.6. The van der Waals surface area contributed by atoms with E-state index in [1.807, 2.05) is 60.8 Å². The number of hydrogen-bond acceptors (Lipinski definition) is 6. The number of urea groups is 1. The molecule has 1 aromatic heterocycles. The van der Waals surface area contributed by atoms with Crippen molar-refractivity contribution in [3.8, 4) is 11.5 Å². The van der Waals surface area contributed by atoms with Crippen molar-refractivity contribution in [3.63, 3.8) is 0 Å². The Morgan fingerprint density at radius 3 is 2.28 bits per heavy atom. The van der Waals surface area contributed by atoms with Gasteiger partial charge in [-0.25, -0.2) is 9.78 Å². The highest BCUT2D eigenvalue weighted by molar-refractivity contribution is 5.92. The lowest BCUT2D eigenvalue weighted by Crippen LogP contribution is -2.50. The molecule has 0 atom stereocenters. The van der Waals surface area contributed by atoms with Crippen LogP contribution in [0.15, 0.2) is 85.1 Å². The second-order valence-electron chi connectivity index (χ2n) is 12.8. The quantitative estimate of drug-likeness (QED) is 0.147. The number of carbonyl (C=O) groups is 1. The Hall–Kier alpha value is -4.72. The SMILES string of the molecule is COc1cccc(C2(CNC(=O)Nc3c(C(C)C)cc(N)cc3C(C)C)CCN(c3ncccc3OCc3ccccc3)CC2)c1. The Labute approximate surface area is 273 Å². The number of benzene rings is 3. The molecule has 0 saturated carbocycles. The number of ether oxygens (including phenoxy) is 2. The van der Waals surface area contributed by atoms with Gasteiger partial charge in [0.25, 0.3) is 0 Å². The molecule has 0 bridgehead atoms. The Morgan fingerprint density at radius 1 is 0.935 bits per heavy atom. The Bertz CT molecular complexity index is 1580. The van der Waals surface area contributed by atoms with E-state index >= 15 is 0 Å². The van der Waals surface area contributed by atoms with Gasteiger partial charge >= 0.3 is 6.03 Å². The number of methoxy groups -OCH3 is 1. The summed E-state index contributed by atoms with van der Waals surface area (Å²) in [6.45, 7) is 10.9. The number of rotatable bonds is 11. The van der Waals surface area contributed by atoms with Crippen LogP contribution in [-0.4, -0.2) is 37.8 Å². The van der Waals surface area contributed by atoms with Crippen LogP contribution in [0.25, 0.3) is 0 Å². The van der Waals surface area contributed by atoms with Crippen molar-refractivity contribution in [3.05, 3.63) is 107 Å². The zero-order valence-electron chi connectivity index (χ0n) is 27.7. The third-order valence-electron chi connectivity index (χ3n) is 8.98. The van der Waals surface area contributed by atoms with Gasteiger partial charge in [-0.1, -0.05) is 70.2 Å².